The van der Waals surface area contributed by atoms with Crippen LogP contribution in [0.3, 0.4) is 0 Å². The van der Waals surface area contributed by atoms with Crippen LogP contribution in [0, 0.1) is 29.1 Å². The maximum Gasteiger partial charge on any atom is -0.0352 e. The van der Waals surface area contributed by atoms with Crippen molar-refractivity contribution in [2.24, 2.45) is 29.1 Å². The molecule has 0 amide bonds. The van der Waals surface area contributed by atoms with E-state index in [1.54, 1.807) is 0 Å². The fourth-order valence-corrected chi connectivity index (χ4v) is 2.40. The van der Waals surface area contributed by atoms with Gasteiger partial charge in [0.2, 0.25) is 0 Å². The van der Waals surface area contributed by atoms with E-state index in [2.05, 4.69) is 41.5 Å². The van der Waals surface area contributed by atoms with E-state index in [1.807, 2.05) is 0 Å². The fraction of sp³-hybridized carbons (Fsp3) is 1.00. The second-order valence-electron chi connectivity index (χ2n) is 6.79. The zero-order valence-corrected chi connectivity index (χ0v) is 10.9. The molecule has 0 heteroatoms. The van der Waals surface area contributed by atoms with E-state index in [0.29, 0.717) is 5.41 Å². The van der Waals surface area contributed by atoms with Gasteiger partial charge in [-0.25, -0.2) is 0 Å². The molecule has 3 atom stereocenters. The highest BCUT2D eigenvalue weighted by Gasteiger charge is 2.43. The van der Waals surface area contributed by atoms with Gasteiger partial charge in [-0.15, -0.1) is 0 Å². The van der Waals surface area contributed by atoms with Gasteiger partial charge in [-0.3, -0.25) is 0 Å². The summed E-state index contributed by atoms with van der Waals surface area (Å²) in [6.07, 6.45) is 4.41. The number of hydrogen-bond acceptors (Lipinski definition) is 0. The standard InChI is InChI=1S/C14H28/c1-10(2)7-8-12-9-13(12)11(3)14(4,5)6/h10-13H,7-9H2,1-6H3. The Bertz CT molecular complexity index is 173. The third-order valence-electron chi connectivity index (χ3n) is 4.10. The average molecular weight is 196 g/mol. The van der Waals surface area contributed by atoms with Gasteiger partial charge in [0.15, 0.2) is 0 Å². The van der Waals surface area contributed by atoms with Crippen LogP contribution in [0.1, 0.15) is 60.8 Å². The van der Waals surface area contributed by atoms with Crippen molar-refractivity contribution in [3.63, 3.8) is 0 Å². The lowest BCUT2D eigenvalue weighted by atomic mass is 9.78. The fourth-order valence-electron chi connectivity index (χ4n) is 2.40. The molecule has 0 aliphatic heterocycles. The normalized spacial score (nSPS) is 29.4. The number of rotatable bonds is 4. The van der Waals surface area contributed by atoms with Crippen LogP contribution in [0.2, 0.25) is 0 Å². The zero-order valence-electron chi connectivity index (χ0n) is 10.9. The maximum absolute atomic E-state index is 2.44. The molecule has 0 aromatic heterocycles. The van der Waals surface area contributed by atoms with Crippen molar-refractivity contribution in [2.75, 3.05) is 0 Å². The number of hydrogen-bond donors (Lipinski definition) is 0. The second kappa shape index (κ2) is 4.24. The van der Waals surface area contributed by atoms with Crippen molar-refractivity contribution < 1.29 is 0 Å². The molecule has 0 N–H and O–H groups in total. The van der Waals surface area contributed by atoms with Crippen LogP contribution in [0.25, 0.3) is 0 Å². The summed E-state index contributed by atoms with van der Waals surface area (Å²) in [5.74, 6) is 3.89. The summed E-state index contributed by atoms with van der Waals surface area (Å²) in [5, 5.41) is 0. The predicted octanol–water partition coefficient (Wildman–Crippen LogP) is 4.74. The van der Waals surface area contributed by atoms with E-state index in [-0.39, 0.29) is 0 Å². The largest absolute Gasteiger partial charge is 0.0628 e. The molecule has 1 aliphatic rings. The third kappa shape index (κ3) is 3.29. The Hall–Kier alpha value is 0. The molecule has 1 aliphatic carbocycles. The highest BCUT2D eigenvalue weighted by atomic mass is 14.5. The minimum Gasteiger partial charge on any atom is -0.0628 e. The van der Waals surface area contributed by atoms with Gasteiger partial charge < -0.3 is 0 Å². The summed E-state index contributed by atoms with van der Waals surface area (Å²) in [5.41, 5.74) is 0.511. The maximum atomic E-state index is 2.44. The Morgan fingerprint density at radius 1 is 1.14 bits per heavy atom. The molecule has 0 nitrogen and oxygen atoms in total. The molecule has 0 saturated heterocycles. The molecule has 3 unspecified atom stereocenters. The minimum absolute atomic E-state index is 0.511. The summed E-state index contributed by atoms with van der Waals surface area (Å²) < 4.78 is 0. The first-order chi connectivity index (χ1) is 6.32. The highest BCUT2D eigenvalue weighted by Crippen LogP contribution is 2.52. The molecule has 0 aromatic rings. The Morgan fingerprint density at radius 3 is 2.14 bits per heavy atom. The van der Waals surface area contributed by atoms with Gasteiger partial charge in [0.25, 0.3) is 0 Å². The molecule has 0 radical (unpaired) electrons. The van der Waals surface area contributed by atoms with E-state index in [1.165, 1.54) is 19.3 Å². The lowest BCUT2D eigenvalue weighted by Crippen LogP contribution is -2.19. The van der Waals surface area contributed by atoms with E-state index < -0.39 is 0 Å². The van der Waals surface area contributed by atoms with Crippen LogP contribution in [0.4, 0.5) is 0 Å². The summed E-state index contributed by atoms with van der Waals surface area (Å²) in [6, 6.07) is 0. The van der Waals surface area contributed by atoms with Crippen LogP contribution in [-0.4, -0.2) is 0 Å². The summed E-state index contributed by atoms with van der Waals surface area (Å²) in [6.45, 7) is 14.3. The summed E-state index contributed by atoms with van der Waals surface area (Å²) in [4.78, 5) is 0. The van der Waals surface area contributed by atoms with Crippen molar-refractivity contribution in [2.45, 2.75) is 60.8 Å². The molecule has 0 aromatic carbocycles. The lowest BCUT2D eigenvalue weighted by molar-refractivity contribution is 0.221. The third-order valence-corrected chi connectivity index (χ3v) is 4.10. The lowest BCUT2D eigenvalue weighted by Gasteiger charge is -2.27. The van der Waals surface area contributed by atoms with E-state index in [4.69, 9.17) is 0 Å². The Kier molecular flexibility index (Phi) is 3.66. The predicted molar refractivity (Wildman–Crippen MR) is 64.3 cm³/mol. The molecular formula is C14H28. The highest BCUT2D eigenvalue weighted by molar-refractivity contribution is 4.93. The molecule has 1 rings (SSSR count). The second-order valence-corrected chi connectivity index (χ2v) is 6.79. The first-order valence-electron chi connectivity index (χ1n) is 6.32. The van der Waals surface area contributed by atoms with Crippen LogP contribution < -0.4 is 0 Å². The monoisotopic (exact) mass is 196 g/mol. The summed E-state index contributed by atoms with van der Waals surface area (Å²) in [7, 11) is 0. The van der Waals surface area contributed by atoms with Gasteiger partial charge in [0.1, 0.15) is 0 Å². The van der Waals surface area contributed by atoms with Crippen LogP contribution in [0.5, 0.6) is 0 Å². The average Bonchev–Trinajstić information content (AvgIpc) is 2.76. The molecule has 0 heterocycles. The van der Waals surface area contributed by atoms with Crippen LogP contribution in [-0.2, 0) is 0 Å². The smallest absolute Gasteiger partial charge is 0.0352 e. The van der Waals surface area contributed by atoms with Crippen molar-refractivity contribution >= 4 is 0 Å². The topological polar surface area (TPSA) is 0 Å². The Balaban J connectivity index is 2.25. The van der Waals surface area contributed by atoms with Gasteiger partial charge in [-0.1, -0.05) is 48.0 Å². The van der Waals surface area contributed by atoms with Crippen LogP contribution >= 0.6 is 0 Å². The molecule has 0 spiro atoms. The SMILES string of the molecule is CC(C)CCC1CC1C(C)C(C)(C)C. The van der Waals surface area contributed by atoms with Gasteiger partial charge >= 0.3 is 0 Å². The quantitative estimate of drug-likeness (QED) is 0.609. The molecule has 84 valence electrons. The van der Waals surface area contributed by atoms with E-state index in [9.17, 15) is 0 Å². The minimum atomic E-state index is 0.511. The molecule has 0 bridgehead atoms. The van der Waals surface area contributed by atoms with Gasteiger partial charge in [0.05, 0.1) is 0 Å². The van der Waals surface area contributed by atoms with Crippen LogP contribution in [0.15, 0.2) is 0 Å². The first-order valence-corrected chi connectivity index (χ1v) is 6.32. The zero-order chi connectivity index (χ0) is 10.9. The van der Waals surface area contributed by atoms with Gasteiger partial charge in [-0.2, -0.15) is 0 Å². The molecule has 1 saturated carbocycles. The Morgan fingerprint density at radius 2 is 1.71 bits per heavy atom. The van der Waals surface area contributed by atoms with E-state index in [0.717, 1.165) is 23.7 Å². The first kappa shape index (κ1) is 12.1. The molecular weight excluding hydrogens is 168 g/mol. The van der Waals surface area contributed by atoms with Crippen molar-refractivity contribution in [3.05, 3.63) is 0 Å². The van der Waals surface area contributed by atoms with Crippen molar-refractivity contribution in [3.8, 4) is 0 Å². The molecule has 1 fully saturated rings. The van der Waals surface area contributed by atoms with Crippen molar-refractivity contribution in [1.29, 1.82) is 0 Å². The Labute approximate surface area is 90.5 Å². The summed E-state index contributed by atoms with van der Waals surface area (Å²) >= 11 is 0. The van der Waals surface area contributed by atoms with Gasteiger partial charge in [-0.05, 0) is 41.9 Å². The van der Waals surface area contributed by atoms with Crippen molar-refractivity contribution in [1.82, 2.24) is 0 Å². The van der Waals surface area contributed by atoms with Gasteiger partial charge in [0, 0.05) is 0 Å². The van der Waals surface area contributed by atoms with E-state index >= 15 is 0 Å². The molecule has 14 heavy (non-hydrogen) atoms.